The normalized spacial score (nSPS) is 10.6. The van der Waals surface area contributed by atoms with Crippen LogP contribution in [0.15, 0.2) is 53.1 Å². The fraction of sp³-hybridized carbons (Fsp3) is 0.167. The molecule has 2 aromatic carbocycles. The van der Waals surface area contributed by atoms with Gasteiger partial charge >= 0.3 is 5.97 Å². The van der Waals surface area contributed by atoms with Crippen LogP contribution in [0.2, 0.25) is 10.0 Å². The summed E-state index contributed by atoms with van der Waals surface area (Å²) in [5.74, 6) is 0.495. The van der Waals surface area contributed by atoms with E-state index >= 15 is 0 Å². The van der Waals surface area contributed by atoms with E-state index in [1.165, 1.54) is 0 Å². The smallest absolute Gasteiger partial charge is 0.306 e. The molecule has 0 aliphatic carbocycles. The molecule has 0 spiro atoms. The number of aromatic nitrogens is 2. The maximum absolute atomic E-state index is 11.8. The predicted molar refractivity (Wildman–Crippen MR) is 94.3 cm³/mol. The molecule has 0 saturated carbocycles. The second kappa shape index (κ2) is 8.14. The number of carbonyl (C=O) groups is 1. The lowest BCUT2D eigenvalue weighted by Crippen LogP contribution is -2.06. The number of halogens is 2. The van der Waals surface area contributed by atoms with Crippen molar-refractivity contribution in [1.82, 2.24) is 10.1 Å². The Balaban J connectivity index is 1.50. The van der Waals surface area contributed by atoms with Crippen molar-refractivity contribution in [2.45, 2.75) is 19.4 Å². The Morgan fingerprint density at radius 3 is 2.64 bits per heavy atom. The number of carbonyl (C=O) groups excluding carboxylic acids is 1. The van der Waals surface area contributed by atoms with Crippen molar-refractivity contribution in [2.24, 2.45) is 0 Å². The van der Waals surface area contributed by atoms with Gasteiger partial charge in [-0.2, -0.15) is 4.98 Å². The molecular weight excluding hydrogens is 363 g/mol. The molecule has 0 N–H and O–H groups in total. The number of nitrogens with zero attached hydrogens (tertiary/aromatic N) is 2. The van der Waals surface area contributed by atoms with Gasteiger partial charge < -0.3 is 9.26 Å². The fourth-order valence-electron chi connectivity index (χ4n) is 2.14. The first kappa shape index (κ1) is 17.5. The highest BCUT2D eigenvalue weighted by molar-refractivity contribution is 6.30. The number of rotatable bonds is 6. The lowest BCUT2D eigenvalue weighted by molar-refractivity contribution is -0.145. The zero-order valence-corrected chi connectivity index (χ0v) is 14.6. The Bertz CT molecular complexity index is 863. The summed E-state index contributed by atoms with van der Waals surface area (Å²) in [6.07, 6.45) is 0.470. The van der Waals surface area contributed by atoms with Crippen LogP contribution < -0.4 is 0 Å². The van der Waals surface area contributed by atoms with Crippen LogP contribution >= 0.6 is 23.2 Å². The molecule has 0 amide bonds. The van der Waals surface area contributed by atoms with Crippen molar-refractivity contribution in [3.05, 3.63) is 70.0 Å². The second-order valence-electron chi connectivity index (χ2n) is 5.31. The second-order valence-corrected chi connectivity index (χ2v) is 6.18. The minimum atomic E-state index is -0.341. The lowest BCUT2D eigenvalue weighted by atomic mass is 10.2. The molecule has 0 fully saturated rings. The molecule has 0 radical (unpaired) electrons. The van der Waals surface area contributed by atoms with Crippen molar-refractivity contribution in [3.8, 4) is 11.4 Å². The summed E-state index contributed by atoms with van der Waals surface area (Å²) >= 11 is 11.7. The summed E-state index contributed by atoms with van der Waals surface area (Å²) in [5, 5.41) is 5.14. The zero-order valence-electron chi connectivity index (χ0n) is 13.1. The van der Waals surface area contributed by atoms with Crippen molar-refractivity contribution >= 4 is 29.2 Å². The number of hydrogen-bond acceptors (Lipinski definition) is 5. The molecule has 128 valence electrons. The fourth-order valence-corrected chi connectivity index (χ4v) is 2.48. The molecule has 0 atom stereocenters. The van der Waals surface area contributed by atoms with Gasteiger partial charge in [-0.1, -0.05) is 40.5 Å². The molecule has 0 saturated heterocycles. The zero-order chi connectivity index (χ0) is 17.6. The lowest BCUT2D eigenvalue weighted by Gasteiger charge is -2.04. The molecule has 7 heteroatoms. The van der Waals surface area contributed by atoms with Gasteiger partial charge in [0.2, 0.25) is 11.7 Å². The molecule has 3 aromatic rings. The van der Waals surface area contributed by atoms with E-state index in [9.17, 15) is 4.79 Å². The van der Waals surface area contributed by atoms with E-state index in [0.29, 0.717) is 28.2 Å². The maximum atomic E-state index is 11.8. The van der Waals surface area contributed by atoms with Crippen LogP contribution in [-0.4, -0.2) is 16.1 Å². The SMILES string of the molecule is O=C(CCc1nc(-c2ccc(Cl)cc2)no1)OCc1cccc(Cl)c1. The van der Waals surface area contributed by atoms with Crippen molar-refractivity contribution in [3.63, 3.8) is 0 Å². The summed E-state index contributed by atoms with van der Waals surface area (Å²) < 4.78 is 10.4. The highest BCUT2D eigenvalue weighted by atomic mass is 35.5. The minimum Gasteiger partial charge on any atom is -0.461 e. The minimum absolute atomic E-state index is 0.156. The summed E-state index contributed by atoms with van der Waals surface area (Å²) in [6.45, 7) is 0.180. The van der Waals surface area contributed by atoms with Gasteiger partial charge in [0.15, 0.2) is 0 Å². The standard InChI is InChI=1S/C18H14Cl2N2O3/c19-14-6-4-13(5-7-14)18-21-16(25-22-18)8-9-17(23)24-11-12-2-1-3-15(20)10-12/h1-7,10H,8-9,11H2. The van der Waals surface area contributed by atoms with Crippen LogP contribution in [0.25, 0.3) is 11.4 Å². The van der Waals surface area contributed by atoms with E-state index < -0.39 is 0 Å². The van der Waals surface area contributed by atoms with E-state index in [-0.39, 0.29) is 19.0 Å². The number of hydrogen-bond donors (Lipinski definition) is 0. The van der Waals surface area contributed by atoms with E-state index in [2.05, 4.69) is 10.1 Å². The molecule has 1 aromatic heterocycles. The van der Waals surface area contributed by atoms with Gasteiger partial charge in [-0.25, -0.2) is 0 Å². The number of ether oxygens (including phenoxy) is 1. The molecule has 0 unspecified atom stereocenters. The number of aryl methyl sites for hydroxylation is 1. The average molecular weight is 377 g/mol. The van der Waals surface area contributed by atoms with Crippen molar-refractivity contribution in [2.75, 3.05) is 0 Å². The monoisotopic (exact) mass is 376 g/mol. The molecule has 0 aliphatic rings. The highest BCUT2D eigenvalue weighted by Crippen LogP contribution is 2.19. The Labute approximate surface area is 154 Å². The summed E-state index contributed by atoms with van der Waals surface area (Å²) in [4.78, 5) is 16.1. The van der Waals surface area contributed by atoms with Crippen molar-refractivity contribution < 1.29 is 14.1 Å². The first-order chi connectivity index (χ1) is 12.1. The van der Waals surface area contributed by atoms with E-state index in [1.807, 2.05) is 12.1 Å². The summed E-state index contributed by atoms with van der Waals surface area (Å²) in [6, 6.07) is 14.3. The molecule has 25 heavy (non-hydrogen) atoms. The van der Waals surface area contributed by atoms with E-state index in [4.69, 9.17) is 32.5 Å². The summed E-state index contributed by atoms with van der Waals surface area (Å²) in [7, 11) is 0. The van der Waals surface area contributed by atoms with Crippen LogP contribution in [0.1, 0.15) is 17.9 Å². The third-order valence-electron chi connectivity index (χ3n) is 3.40. The Hall–Kier alpha value is -2.37. The predicted octanol–water partition coefficient (Wildman–Crippen LogP) is 4.72. The van der Waals surface area contributed by atoms with E-state index in [0.717, 1.165) is 11.1 Å². The van der Waals surface area contributed by atoms with Gasteiger partial charge in [-0.05, 0) is 42.0 Å². The van der Waals surface area contributed by atoms with Crippen molar-refractivity contribution in [1.29, 1.82) is 0 Å². The van der Waals surface area contributed by atoms with Crippen LogP contribution in [-0.2, 0) is 22.6 Å². The highest BCUT2D eigenvalue weighted by Gasteiger charge is 2.11. The van der Waals surface area contributed by atoms with E-state index in [1.54, 1.807) is 36.4 Å². The van der Waals surface area contributed by atoms with Gasteiger partial charge in [0.05, 0.1) is 6.42 Å². The Morgan fingerprint density at radius 2 is 1.88 bits per heavy atom. The summed E-state index contributed by atoms with van der Waals surface area (Å²) in [5.41, 5.74) is 1.63. The molecular formula is C18H14Cl2N2O3. The number of esters is 1. The first-order valence-electron chi connectivity index (χ1n) is 7.59. The van der Waals surface area contributed by atoms with Gasteiger partial charge in [0.25, 0.3) is 0 Å². The third kappa shape index (κ3) is 5.05. The molecule has 1 heterocycles. The quantitative estimate of drug-likeness (QED) is 0.582. The third-order valence-corrected chi connectivity index (χ3v) is 3.89. The molecule has 3 rings (SSSR count). The van der Waals surface area contributed by atoms with Gasteiger partial charge in [0, 0.05) is 22.0 Å². The topological polar surface area (TPSA) is 65.2 Å². The molecule has 0 bridgehead atoms. The Morgan fingerprint density at radius 1 is 1.08 bits per heavy atom. The van der Waals surface area contributed by atoms with Gasteiger partial charge in [-0.3, -0.25) is 4.79 Å². The number of benzene rings is 2. The Kier molecular flexibility index (Phi) is 5.68. The maximum Gasteiger partial charge on any atom is 0.306 e. The van der Waals surface area contributed by atoms with Crippen LogP contribution in [0.4, 0.5) is 0 Å². The van der Waals surface area contributed by atoms with Crippen LogP contribution in [0, 0.1) is 0 Å². The molecule has 5 nitrogen and oxygen atoms in total. The van der Waals surface area contributed by atoms with Crippen LogP contribution in [0.5, 0.6) is 0 Å². The molecule has 0 aliphatic heterocycles. The average Bonchev–Trinajstić information content (AvgIpc) is 3.08. The van der Waals surface area contributed by atoms with Crippen LogP contribution in [0.3, 0.4) is 0 Å². The van der Waals surface area contributed by atoms with Gasteiger partial charge in [-0.15, -0.1) is 0 Å². The first-order valence-corrected chi connectivity index (χ1v) is 8.34. The van der Waals surface area contributed by atoms with Gasteiger partial charge in [0.1, 0.15) is 6.61 Å². The largest absolute Gasteiger partial charge is 0.461 e.